The summed E-state index contributed by atoms with van der Waals surface area (Å²) in [6.07, 6.45) is 1.21. The van der Waals surface area contributed by atoms with Crippen LogP contribution < -0.4 is 10.1 Å². The molecule has 0 bridgehead atoms. The third kappa shape index (κ3) is 4.78. The number of anilines is 1. The van der Waals surface area contributed by atoms with Crippen LogP contribution in [0.5, 0.6) is 5.75 Å². The van der Waals surface area contributed by atoms with Gasteiger partial charge in [0.1, 0.15) is 5.75 Å². The molecule has 0 heterocycles. The highest BCUT2D eigenvalue weighted by Gasteiger charge is 2.03. The first-order chi connectivity index (χ1) is 10.1. The van der Waals surface area contributed by atoms with Crippen molar-refractivity contribution in [1.82, 2.24) is 0 Å². The third-order valence-electron chi connectivity index (χ3n) is 3.20. The lowest BCUT2D eigenvalue weighted by Crippen LogP contribution is -2.06. The van der Waals surface area contributed by atoms with Gasteiger partial charge < -0.3 is 10.1 Å². The molecule has 0 unspecified atom stereocenters. The highest BCUT2D eigenvalue weighted by molar-refractivity contribution is 9.10. The van der Waals surface area contributed by atoms with Crippen LogP contribution in [0, 0.1) is 0 Å². The minimum Gasteiger partial charge on any atom is -0.491 e. The first-order valence-electron chi connectivity index (χ1n) is 7.36. The lowest BCUT2D eigenvalue weighted by molar-refractivity contribution is 0.242. The van der Waals surface area contributed by atoms with Crippen molar-refractivity contribution in [2.75, 3.05) is 5.32 Å². The number of rotatable bonds is 6. The van der Waals surface area contributed by atoms with Crippen LogP contribution in [0.2, 0.25) is 0 Å². The molecule has 0 aliphatic rings. The molecule has 0 atom stereocenters. The highest BCUT2D eigenvalue weighted by atomic mass is 79.9. The molecule has 2 aromatic rings. The first kappa shape index (κ1) is 15.9. The fourth-order valence-electron chi connectivity index (χ4n) is 2.23. The van der Waals surface area contributed by atoms with E-state index in [1.54, 1.807) is 0 Å². The minimum absolute atomic E-state index is 0.200. The summed E-state index contributed by atoms with van der Waals surface area (Å²) in [5, 5.41) is 3.51. The predicted molar refractivity (Wildman–Crippen MR) is 93.1 cm³/mol. The Bertz CT molecular complexity index is 596. The first-order valence-corrected chi connectivity index (χ1v) is 8.15. The molecule has 2 aromatic carbocycles. The SMILES string of the molecule is CCc1cc(Br)ccc1NCc1cccc(OC(C)C)c1. The molecule has 0 radical (unpaired) electrons. The topological polar surface area (TPSA) is 21.3 Å². The van der Waals surface area contributed by atoms with Crippen molar-refractivity contribution in [2.24, 2.45) is 0 Å². The Morgan fingerprint density at radius 3 is 2.67 bits per heavy atom. The quantitative estimate of drug-likeness (QED) is 0.754. The van der Waals surface area contributed by atoms with E-state index in [1.165, 1.54) is 16.8 Å². The van der Waals surface area contributed by atoms with E-state index in [-0.39, 0.29) is 6.10 Å². The van der Waals surface area contributed by atoms with Gasteiger partial charge in [-0.05, 0) is 61.7 Å². The molecule has 0 aromatic heterocycles. The summed E-state index contributed by atoms with van der Waals surface area (Å²) in [5.74, 6) is 0.927. The Labute approximate surface area is 135 Å². The molecule has 0 amide bonds. The highest BCUT2D eigenvalue weighted by Crippen LogP contribution is 2.23. The number of halogens is 1. The summed E-state index contributed by atoms with van der Waals surface area (Å²) >= 11 is 3.52. The van der Waals surface area contributed by atoms with Crippen molar-refractivity contribution < 1.29 is 4.74 Å². The van der Waals surface area contributed by atoms with Gasteiger partial charge in [0.05, 0.1) is 6.10 Å². The zero-order valence-corrected chi connectivity index (χ0v) is 14.4. The molecule has 21 heavy (non-hydrogen) atoms. The van der Waals surface area contributed by atoms with E-state index in [1.807, 2.05) is 26.0 Å². The lowest BCUT2D eigenvalue weighted by atomic mass is 10.1. The Morgan fingerprint density at radius 2 is 1.95 bits per heavy atom. The number of nitrogens with one attached hydrogen (secondary N) is 1. The lowest BCUT2D eigenvalue weighted by Gasteiger charge is -2.13. The molecule has 1 N–H and O–H groups in total. The maximum atomic E-state index is 5.73. The zero-order valence-electron chi connectivity index (χ0n) is 12.8. The molecule has 0 aliphatic heterocycles. The van der Waals surface area contributed by atoms with Crippen LogP contribution in [0.4, 0.5) is 5.69 Å². The van der Waals surface area contributed by atoms with E-state index in [4.69, 9.17) is 4.74 Å². The van der Waals surface area contributed by atoms with Crippen LogP contribution in [0.25, 0.3) is 0 Å². The van der Waals surface area contributed by atoms with Crippen LogP contribution in [0.1, 0.15) is 31.9 Å². The fraction of sp³-hybridized carbons (Fsp3) is 0.333. The largest absolute Gasteiger partial charge is 0.491 e. The Kier molecular flexibility index (Phi) is 5.68. The molecule has 3 heteroatoms. The molecule has 112 valence electrons. The fourth-order valence-corrected chi connectivity index (χ4v) is 2.63. The average Bonchev–Trinajstić information content (AvgIpc) is 2.45. The Hall–Kier alpha value is -1.48. The third-order valence-corrected chi connectivity index (χ3v) is 3.69. The monoisotopic (exact) mass is 347 g/mol. The van der Waals surface area contributed by atoms with Crippen LogP contribution in [-0.4, -0.2) is 6.10 Å². The van der Waals surface area contributed by atoms with Gasteiger partial charge in [0.15, 0.2) is 0 Å². The van der Waals surface area contributed by atoms with Crippen LogP contribution in [0.15, 0.2) is 46.9 Å². The van der Waals surface area contributed by atoms with Gasteiger partial charge in [-0.25, -0.2) is 0 Å². The number of aryl methyl sites for hydroxylation is 1. The van der Waals surface area contributed by atoms with E-state index in [9.17, 15) is 0 Å². The zero-order chi connectivity index (χ0) is 15.2. The van der Waals surface area contributed by atoms with Crippen molar-refractivity contribution in [3.63, 3.8) is 0 Å². The predicted octanol–water partition coefficient (Wildman–Crippen LogP) is 5.41. The maximum absolute atomic E-state index is 5.73. The molecule has 2 nitrogen and oxygen atoms in total. The summed E-state index contributed by atoms with van der Waals surface area (Å²) in [6.45, 7) is 7.05. The van der Waals surface area contributed by atoms with E-state index in [2.05, 4.69) is 58.5 Å². The van der Waals surface area contributed by atoms with E-state index in [0.717, 1.165) is 23.2 Å². The Morgan fingerprint density at radius 1 is 1.14 bits per heavy atom. The second-order valence-electron chi connectivity index (χ2n) is 5.32. The second-order valence-corrected chi connectivity index (χ2v) is 6.24. The number of hydrogen-bond acceptors (Lipinski definition) is 2. The standard InChI is InChI=1S/C18H22BrNO/c1-4-15-11-16(19)8-9-18(15)20-12-14-6-5-7-17(10-14)21-13(2)3/h5-11,13,20H,4,12H2,1-3H3. The summed E-state index contributed by atoms with van der Waals surface area (Å²) in [5.41, 5.74) is 3.73. The van der Waals surface area contributed by atoms with Gasteiger partial charge in [0, 0.05) is 16.7 Å². The summed E-state index contributed by atoms with van der Waals surface area (Å²) in [7, 11) is 0. The van der Waals surface area contributed by atoms with Gasteiger partial charge in [-0.2, -0.15) is 0 Å². The smallest absolute Gasteiger partial charge is 0.120 e. The number of ether oxygens (including phenoxy) is 1. The van der Waals surface area contributed by atoms with Crippen molar-refractivity contribution >= 4 is 21.6 Å². The summed E-state index contributed by atoms with van der Waals surface area (Å²) < 4.78 is 6.86. The van der Waals surface area contributed by atoms with Crippen molar-refractivity contribution in [1.29, 1.82) is 0 Å². The van der Waals surface area contributed by atoms with Crippen molar-refractivity contribution in [2.45, 2.75) is 39.8 Å². The van der Waals surface area contributed by atoms with Gasteiger partial charge >= 0.3 is 0 Å². The van der Waals surface area contributed by atoms with E-state index < -0.39 is 0 Å². The number of benzene rings is 2. The molecular weight excluding hydrogens is 326 g/mol. The molecular formula is C18H22BrNO. The van der Waals surface area contributed by atoms with Gasteiger partial charge in [0.25, 0.3) is 0 Å². The molecule has 0 spiro atoms. The molecule has 0 saturated carbocycles. The van der Waals surface area contributed by atoms with Crippen molar-refractivity contribution in [3.8, 4) is 5.75 Å². The molecule has 0 saturated heterocycles. The second kappa shape index (κ2) is 7.51. The van der Waals surface area contributed by atoms with E-state index >= 15 is 0 Å². The average molecular weight is 348 g/mol. The normalized spacial score (nSPS) is 10.7. The van der Waals surface area contributed by atoms with Crippen molar-refractivity contribution in [3.05, 3.63) is 58.1 Å². The van der Waals surface area contributed by atoms with Gasteiger partial charge in [-0.15, -0.1) is 0 Å². The van der Waals surface area contributed by atoms with Crippen LogP contribution >= 0.6 is 15.9 Å². The molecule has 0 fully saturated rings. The van der Waals surface area contributed by atoms with Crippen LogP contribution in [0.3, 0.4) is 0 Å². The summed E-state index contributed by atoms with van der Waals surface area (Å²) in [6, 6.07) is 14.6. The van der Waals surface area contributed by atoms with Gasteiger partial charge in [-0.1, -0.05) is 35.0 Å². The Balaban J connectivity index is 2.06. The molecule has 0 aliphatic carbocycles. The van der Waals surface area contributed by atoms with Gasteiger partial charge in [-0.3, -0.25) is 0 Å². The minimum atomic E-state index is 0.200. The summed E-state index contributed by atoms with van der Waals surface area (Å²) in [4.78, 5) is 0. The number of hydrogen-bond donors (Lipinski definition) is 1. The molecule has 2 rings (SSSR count). The van der Waals surface area contributed by atoms with Crippen LogP contribution in [-0.2, 0) is 13.0 Å². The maximum Gasteiger partial charge on any atom is 0.120 e. The van der Waals surface area contributed by atoms with E-state index in [0.29, 0.717) is 0 Å². The van der Waals surface area contributed by atoms with Gasteiger partial charge in [0.2, 0.25) is 0 Å².